The molecular weight excluding hydrogens is 420 g/mol. The van der Waals surface area contributed by atoms with Gasteiger partial charge < -0.3 is 14.6 Å². The molecule has 0 bridgehead atoms. The van der Waals surface area contributed by atoms with Crippen molar-refractivity contribution in [2.75, 3.05) is 20.8 Å². The van der Waals surface area contributed by atoms with Gasteiger partial charge in [-0.2, -0.15) is 0 Å². The Morgan fingerprint density at radius 2 is 1.93 bits per heavy atom. The highest BCUT2D eigenvalue weighted by atomic mass is 32.2. The summed E-state index contributed by atoms with van der Waals surface area (Å²) in [7, 11) is 2.79. The lowest BCUT2D eigenvalue weighted by atomic mass is 10.1. The first-order valence-electron chi connectivity index (χ1n) is 8.66. The number of thioether (sulfide) groups is 1. The summed E-state index contributed by atoms with van der Waals surface area (Å²) < 4.78 is 10.7. The van der Waals surface area contributed by atoms with E-state index < -0.39 is 10.9 Å². The van der Waals surface area contributed by atoms with E-state index in [1.807, 2.05) is 0 Å². The Morgan fingerprint density at radius 3 is 2.52 bits per heavy atom. The van der Waals surface area contributed by atoms with Crippen LogP contribution in [-0.4, -0.2) is 51.9 Å². The smallest absolute Gasteiger partial charge is 0.303 e. The number of ether oxygens (including phenoxy) is 2. The lowest BCUT2D eigenvalue weighted by molar-refractivity contribution is -0.385. The molecule has 1 fully saturated rings. The van der Waals surface area contributed by atoms with Gasteiger partial charge >= 0.3 is 5.97 Å². The van der Waals surface area contributed by atoms with Gasteiger partial charge in [-0.3, -0.25) is 24.6 Å². The summed E-state index contributed by atoms with van der Waals surface area (Å²) in [6.45, 7) is 0.371. The first-order valence-corrected chi connectivity index (χ1v) is 9.88. The second kappa shape index (κ2) is 10.2. The first-order chi connectivity index (χ1) is 13.8. The average molecular weight is 440 g/mol. The van der Waals surface area contributed by atoms with Crippen LogP contribution in [0.5, 0.6) is 11.5 Å². The summed E-state index contributed by atoms with van der Waals surface area (Å²) in [6.07, 6.45) is 3.30. The van der Waals surface area contributed by atoms with Gasteiger partial charge in [-0.1, -0.05) is 30.4 Å². The Bertz CT molecular complexity index is 870. The lowest BCUT2D eigenvalue weighted by Gasteiger charge is -2.13. The Hall–Kier alpha value is -2.66. The molecule has 0 atom stereocenters. The number of thiocarbonyl (C=S) groups is 1. The number of carboxylic acid groups (broad SMARTS) is 1. The van der Waals surface area contributed by atoms with Gasteiger partial charge in [-0.15, -0.1) is 0 Å². The van der Waals surface area contributed by atoms with Gasteiger partial charge in [0.05, 0.1) is 35.7 Å². The molecule has 1 N–H and O–H groups in total. The van der Waals surface area contributed by atoms with Crippen molar-refractivity contribution >= 4 is 51.9 Å². The second-order valence-corrected chi connectivity index (χ2v) is 7.74. The van der Waals surface area contributed by atoms with Crippen molar-refractivity contribution in [3.63, 3.8) is 0 Å². The van der Waals surface area contributed by atoms with Crippen molar-refractivity contribution < 1.29 is 29.1 Å². The lowest BCUT2D eigenvalue weighted by Crippen LogP contribution is -2.29. The normalized spacial score (nSPS) is 15.1. The average Bonchev–Trinajstić information content (AvgIpc) is 2.94. The van der Waals surface area contributed by atoms with Gasteiger partial charge in [-0.25, -0.2) is 0 Å². The molecule has 1 saturated heterocycles. The number of carboxylic acids is 1. The molecule has 1 aromatic rings. The molecule has 1 aromatic carbocycles. The predicted octanol–water partition coefficient (Wildman–Crippen LogP) is 3.46. The molecule has 1 amide bonds. The van der Waals surface area contributed by atoms with Gasteiger partial charge in [0.2, 0.25) is 0 Å². The molecular formula is C18H20N2O7S2. The number of carbonyl (C=O) groups is 2. The highest BCUT2D eigenvalue weighted by Crippen LogP contribution is 2.38. The van der Waals surface area contributed by atoms with Crippen molar-refractivity contribution in [2.45, 2.75) is 25.7 Å². The van der Waals surface area contributed by atoms with E-state index in [1.165, 1.54) is 37.3 Å². The number of nitrogens with zero attached hydrogens (tertiary/aromatic N) is 2. The van der Waals surface area contributed by atoms with Crippen LogP contribution in [0.15, 0.2) is 17.0 Å². The van der Waals surface area contributed by atoms with Crippen molar-refractivity contribution in [1.82, 2.24) is 4.90 Å². The van der Waals surface area contributed by atoms with E-state index in [0.717, 1.165) is 11.8 Å². The van der Waals surface area contributed by atoms with E-state index >= 15 is 0 Å². The predicted molar refractivity (Wildman–Crippen MR) is 112 cm³/mol. The van der Waals surface area contributed by atoms with Crippen molar-refractivity contribution in [3.8, 4) is 11.5 Å². The standard InChI is InChI=1S/C18H20N2O7S2/c1-26-13-8-11(12(20(24)25)10-14(13)27-2)9-15-17(23)19(18(28)29-15)7-5-3-4-6-16(21)22/h8-10H,3-7H2,1-2H3,(H,21,22)/b15-9-. The highest BCUT2D eigenvalue weighted by molar-refractivity contribution is 8.26. The number of aliphatic carboxylic acids is 1. The SMILES string of the molecule is COc1cc(/C=C2\SC(=S)N(CCCCCC(=O)O)C2=O)c([N+](=O)[O-])cc1OC. The van der Waals surface area contributed by atoms with Crippen LogP contribution in [0.3, 0.4) is 0 Å². The van der Waals surface area contributed by atoms with E-state index in [2.05, 4.69) is 0 Å². The van der Waals surface area contributed by atoms with Crippen LogP contribution >= 0.6 is 24.0 Å². The summed E-state index contributed by atoms with van der Waals surface area (Å²) in [5, 5.41) is 20.1. The fourth-order valence-corrected chi connectivity index (χ4v) is 4.01. The van der Waals surface area contributed by atoms with E-state index in [4.69, 9.17) is 26.8 Å². The minimum absolute atomic E-state index is 0.0846. The quantitative estimate of drug-likeness (QED) is 0.192. The largest absolute Gasteiger partial charge is 0.493 e. The number of methoxy groups -OCH3 is 2. The molecule has 1 heterocycles. The van der Waals surface area contributed by atoms with Gasteiger partial charge in [0, 0.05) is 13.0 Å². The van der Waals surface area contributed by atoms with E-state index in [1.54, 1.807) is 0 Å². The Kier molecular flexibility index (Phi) is 7.97. The number of unbranched alkanes of at least 4 members (excludes halogenated alkanes) is 2. The van der Waals surface area contributed by atoms with Gasteiger partial charge in [0.15, 0.2) is 11.5 Å². The van der Waals surface area contributed by atoms with E-state index in [0.29, 0.717) is 35.9 Å². The molecule has 9 nitrogen and oxygen atoms in total. The third-order valence-corrected chi connectivity index (χ3v) is 5.54. The number of hydrogen-bond donors (Lipinski definition) is 1. The first kappa shape index (κ1) is 22.6. The van der Waals surface area contributed by atoms with Crippen molar-refractivity contribution in [2.24, 2.45) is 0 Å². The van der Waals surface area contributed by atoms with E-state index in [-0.39, 0.29) is 34.2 Å². The maximum absolute atomic E-state index is 12.7. The molecule has 29 heavy (non-hydrogen) atoms. The molecule has 1 aliphatic rings. The molecule has 11 heteroatoms. The Labute approximate surface area is 176 Å². The Balaban J connectivity index is 2.20. The van der Waals surface area contributed by atoms with Crippen molar-refractivity contribution in [3.05, 3.63) is 32.7 Å². The van der Waals surface area contributed by atoms with E-state index in [9.17, 15) is 19.7 Å². The zero-order valence-electron chi connectivity index (χ0n) is 15.9. The molecule has 0 unspecified atom stereocenters. The zero-order valence-corrected chi connectivity index (χ0v) is 17.5. The summed E-state index contributed by atoms with van der Waals surface area (Å²) >= 11 is 6.33. The number of rotatable bonds is 10. The van der Waals surface area contributed by atoms with Crippen LogP contribution in [0.2, 0.25) is 0 Å². The highest BCUT2D eigenvalue weighted by Gasteiger charge is 2.32. The van der Waals surface area contributed by atoms with Crippen LogP contribution in [0.1, 0.15) is 31.2 Å². The van der Waals surface area contributed by atoms with Gasteiger partial charge in [0.1, 0.15) is 4.32 Å². The third kappa shape index (κ3) is 5.67. The van der Waals surface area contributed by atoms with Crippen LogP contribution < -0.4 is 9.47 Å². The molecule has 1 aliphatic heterocycles. The minimum atomic E-state index is -0.852. The number of carbonyl (C=O) groups excluding carboxylic acids is 1. The molecule has 0 aliphatic carbocycles. The van der Waals surface area contributed by atoms with Gasteiger partial charge in [0.25, 0.3) is 11.6 Å². The molecule has 0 saturated carbocycles. The summed E-state index contributed by atoms with van der Waals surface area (Å²) in [5.74, 6) is -0.666. The number of nitro groups is 1. The maximum Gasteiger partial charge on any atom is 0.303 e. The fourth-order valence-electron chi connectivity index (χ4n) is 2.71. The zero-order chi connectivity index (χ0) is 21.6. The summed E-state index contributed by atoms with van der Waals surface area (Å²) in [5.41, 5.74) is -0.0174. The number of nitro benzene ring substituents is 1. The third-order valence-electron chi connectivity index (χ3n) is 4.16. The topological polar surface area (TPSA) is 119 Å². The van der Waals surface area contributed by atoms with Crippen LogP contribution in [0, 0.1) is 10.1 Å². The van der Waals surface area contributed by atoms with Crippen LogP contribution in [0.4, 0.5) is 5.69 Å². The number of benzene rings is 1. The fraction of sp³-hybridized carbons (Fsp3) is 0.389. The van der Waals surface area contributed by atoms with Crippen molar-refractivity contribution in [1.29, 1.82) is 0 Å². The molecule has 0 spiro atoms. The monoisotopic (exact) mass is 440 g/mol. The molecule has 0 radical (unpaired) electrons. The maximum atomic E-state index is 12.7. The number of hydrogen-bond acceptors (Lipinski definition) is 8. The van der Waals surface area contributed by atoms with Crippen LogP contribution in [0.25, 0.3) is 6.08 Å². The molecule has 156 valence electrons. The van der Waals surface area contributed by atoms with Gasteiger partial charge in [-0.05, 0) is 25.0 Å². The minimum Gasteiger partial charge on any atom is -0.493 e. The summed E-state index contributed by atoms with van der Waals surface area (Å²) in [6, 6.07) is 2.68. The Morgan fingerprint density at radius 1 is 1.28 bits per heavy atom. The molecule has 2 rings (SSSR count). The van der Waals surface area contributed by atoms with Crippen LogP contribution in [-0.2, 0) is 9.59 Å². The number of amides is 1. The summed E-state index contributed by atoms with van der Waals surface area (Å²) in [4.78, 5) is 35.8. The second-order valence-electron chi connectivity index (χ2n) is 6.06. The molecule has 0 aromatic heterocycles.